The first-order chi connectivity index (χ1) is 14.5. The number of hydrogen-bond acceptors (Lipinski definition) is 6. The summed E-state index contributed by atoms with van der Waals surface area (Å²) < 4.78 is 1.38. The molecule has 0 atom stereocenters. The Bertz CT molecular complexity index is 1280. The Morgan fingerprint density at radius 2 is 1.77 bits per heavy atom. The summed E-state index contributed by atoms with van der Waals surface area (Å²) in [6.07, 6.45) is 1.40. The number of carbonyl (C=O) groups excluding carboxylic acids is 1. The molecule has 8 nitrogen and oxygen atoms in total. The Hall–Kier alpha value is -3.85. The van der Waals surface area contributed by atoms with Crippen LogP contribution in [0.2, 0.25) is 0 Å². The van der Waals surface area contributed by atoms with Crippen LogP contribution in [-0.4, -0.2) is 31.5 Å². The van der Waals surface area contributed by atoms with Gasteiger partial charge < -0.3 is 10.4 Å². The van der Waals surface area contributed by atoms with E-state index in [2.05, 4.69) is 15.3 Å². The van der Waals surface area contributed by atoms with Crippen LogP contribution in [0.25, 0.3) is 10.3 Å². The minimum Gasteiger partial charge on any atom is -0.478 e. The summed E-state index contributed by atoms with van der Waals surface area (Å²) in [5.74, 6) is -1.38. The van der Waals surface area contributed by atoms with Crippen molar-refractivity contribution < 1.29 is 14.7 Å². The molecule has 2 N–H and O–H groups in total. The van der Waals surface area contributed by atoms with E-state index in [4.69, 9.17) is 5.11 Å². The number of carboxylic acid groups (broad SMARTS) is 1. The lowest BCUT2D eigenvalue weighted by Gasteiger charge is -2.05. The lowest BCUT2D eigenvalue weighted by molar-refractivity contribution is 0.0696. The highest BCUT2D eigenvalue weighted by Crippen LogP contribution is 2.17. The lowest BCUT2D eigenvalue weighted by atomic mass is 10.1. The van der Waals surface area contributed by atoms with Crippen molar-refractivity contribution in [3.63, 3.8) is 0 Å². The van der Waals surface area contributed by atoms with Crippen molar-refractivity contribution in [2.75, 3.05) is 0 Å². The molecule has 0 radical (unpaired) electrons. The second-order valence-electron chi connectivity index (χ2n) is 6.52. The third-order valence-corrected chi connectivity index (χ3v) is 5.39. The van der Waals surface area contributed by atoms with Crippen molar-refractivity contribution in [1.82, 2.24) is 19.9 Å². The quantitative estimate of drug-likeness (QED) is 0.495. The van der Waals surface area contributed by atoms with E-state index < -0.39 is 5.97 Å². The van der Waals surface area contributed by atoms with Crippen LogP contribution in [0.15, 0.2) is 65.7 Å². The molecule has 2 aromatic carbocycles. The fraction of sp³-hybridized carbons (Fsp3) is 0.0952. The second-order valence-corrected chi connectivity index (χ2v) is 7.50. The number of aromatic nitrogens is 3. The Kier molecular flexibility index (Phi) is 5.36. The molecule has 0 aliphatic heterocycles. The molecule has 0 aliphatic rings. The number of aromatic carboxylic acids is 1. The zero-order valence-electron chi connectivity index (χ0n) is 15.6. The van der Waals surface area contributed by atoms with Crippen LogP contribution in [-0.2, 0) is 13.1 Å². The smallest absolute Gasteiger partial charge is 0.335 e. The van der Waals surface area contributed by atoms with Crippen LogP contribution in [0.4, 0.5) is 0 Å². The Labute approximate surface area is 174 Å². The van der Waals surface area contributed by atoms with Crippen molar-refractivity contribution in [2.45, 2.75) is 13.1 Å². The molecule has 2 aromatic heterocycles. The van der Waals surface area contributed by atoms with Gasteiger partial charge in [-0.25, -0.2) is 14.8 Å². The van der Waals surface area contributed by atoms with Crippen molar-refractivity contribution in [2.24, 2.45) is 0 Å². The summed E-state index contributed by atoms with van der Waals surface area (Å²) in [4.78, 5) is 45.0. The van der Waals surface area contributed by atoms with Gasteiger partial charge in [-0.05, 0) is 23.3 Å². The monoisotopic (exact) mass is 420 g/mol. The predicted octanol–water partition coefficient (Wildman–Crippen LogP) is 2.53. The van der Waals surface area contributed by atoms with Gasteiger partial charge in [0, 0.05) is 6.54 Å². The maximum absolute atomic E-state index is 12.8. The minimum absolute atomic E-state index is 0.134. The average Bonchev–Trinajstić information content (AvgIpc) is 3.20. The fourth-order valence-electron chi connectivity index (χ4n) is 2.86. The number of fused-ring (bicyclic) bond motifs is 1. The van der Waals surface area contributed by atoms with Crippen LogP contribution >= 0.6 is 11.3 Å². The van der Waals surface area contributed by atoms with E-state index in [0.29, 0.717) is 11.4 Å². The van der Waals surface area contributed by atoms with Crippen molar-refractivity contribution in [3.8, 4) is 0 Å². The standard InChI is InChI=1S/C21H16N4O4S/c26-17(22-10-13-4-2-1-3-5-13)19-24-16-18(30-19)23-12-25(20(16)27)11-14-6-8-15(9-7-14)21(28)29/h1-9,12H,10-11H2,(H,22,26)(H,28,29). The molecule has 0 saturated heterocycles. The van der Waals surface area contributed by atoms with E-state index in [-0.39, 0.29) is 34.1 Å². The molecule has 9 heteroatoms. The summed E-state index contributed by atoms with van der Waals surface area (Å²) in [5, 5.41) is 11.9. The first-order valence-electron chi connectivity index (χ1n) is 9.01. The number of hydrogen-bond donors (Lipinski definition) is 2. The van der Waals surface area contributed by atoms with E-state index in [1.165, 1.54) is 23.0 Å². The highest BCUT2D eigenvalue weighted by Gasteiger charge is 2.16. The van der Waals surface area contributed by atoms with Gasteiger partial charge in [0.1, 0.15) is 0 Å². The van der Waals surface area contributed by atoms with Crippen LogP contribution < -0.4 is 10.9 Å². The van der Waals surface area contributed by atoms with E-state index in [1.807, 2.05) is 30.3 Å². The number of carbonyl (C=O) groups is 2. The summed E-state index contributed by atoms with van der Waals surface area (Å²) >= 11 is 1.06. The van der Waals surface area contributed by atoms with E-state index >= 15 is 0 Å². The van der Waals surface area contributed by atoms with Gasteiger partial charge in [0.15, 0.2) is 15.4 Å². The van der Waals surface area contributed by atoms with Gasteiger partial charge in [-0.2, -0.15) is 0 Å². The van der Waals surface area contributed by atoms with Gasteiger partial charge in [0.25, 0.3) is 11.5 Å². The van der Waals surface area contributed by atoms with Crippen molar-refractivity contribution in [3.05, 3.63) is 93.0 Å². The highest BCUT2D eigenvalue weighted by molar-refractivity contribution is 7.19. The van der Waals surface area contributed by atoms with Crippen molar-refractivity contribution >= 4 is 33.6 Å². The van der Waals surface area contributed by atoms with Crippen LogP contribution in [0.5, 0.6) is 0 Å². The van der Waals surface area contributed by atoms with Crippen LogP contribution in [0.1, 0.15) is 31.3 Å². The van der Waals surface area contributed by atoms with Gasteiger partial charge in [0.2, 0.25) is 0 Å². The molecule has 4 aromatic rings. The fourth-order valence-corrected chi connectivity index (χ4v) is 3.68. The third-order valence-electron chi connectivity index (χ3n) is 4.43. The first-order valence-corrected chi connectivity index (χ1v) is 9.83. The largest absolute Gasteiger partial charge is 0.478 e. The molecule has 0 aliphatic carbocycles. The SMILES string of the molecule is O=C(O)c1ccc(Cn2cnc3sc(C(=O)NCc4ccccc4)nc3c2=O)cc1. The Morgan fingerprint density at radius 3 is 2.47 bits per heavy atom. The molecule has 150 valence electrons. The summed E-state index contributed by atoms with van der Waals surface area (Å²) in [6, 6.07) is 15.7. The molecule has 1 amide bonds. The number of thiazole rings is 1. The first kappa shape index (κ1) is 19.5. The number of nitrogens with one attached hydrogen (secondary N) is 1. The normalized spacial score (nSPS) is 10.8. The molecule has 0 saturated carbocycles. The molecular weight excluding hydrogens is 404 g/mol. The maximum atomic E-state index is 12.8. The van der Waals surface area contributed by atoms with Gasteiger partial charge in [-0.1, -0.05) is 53.8 Å². The molecule has 0 bridgehead atoms. The van der Waals surface area contributed by atoms with E-state index in [9.17, 15) is 14.4 Å². The summed E-state index contributed by atoms with van der Waals surface area (Å²) in [5.41, 5.74) is 1.65. The number of benzene rings is 2. The van der Waals surface area contributed by atoms with Crippen LogP contribution in [0, 0.1) is 0 Å². The van der Waals surface area contributed by atoms with Crippen molar-refractivity contribution in [1.29, 1.82) is 0 Å². The molecule has 30 heavy (non-hydrogen) atoms. The number of amides is 1. The molecule has 0 unspecified atom stereocenters. The summed E-state index contributed by atoms with van der Waals surface area (Å²) in [6.45, 7) is 0.578. The highest BCUT2D eigenvalue weighted by atomic mass is 32.1. The zero-order chi connectivity index (χ0) is 21.1. The number of carboxylic acids is 1. The molecule has 4 rings (SSSR count). The molecule has 0 spiro atoms. The number of rotatable bonds is 6. The topological polar surface area (TPSA) is 114 Å². The van der Waals surface area contributed by atoms with Gasteiger partial charge in [0.05, 0.1) is 18.4 Å². The number of nitrogens with zero attached hydrogens (tertiary/aromatic N) is 3. The Balaban J connectivity index is 1.53. The van der Waals surface area contributed by atoms with E-state index in [0.717, 1.165) is 22.5 Å². The molecule has 2 heterocycles. The average molecular weight is 420 g/mol. The van der Waals surface area contributed by atoms with E-state index in [1.54, 1.807) is 12.1 Å². The van der Waals surface area contributed by atoms with Gasteiger partial charge >= 0.3 is 5.97 Å². The minimum atomic E-state index is -1.01. The maximum Gasteiger partial charge on any atom is 0.335 e. The lowest BCUT2D eigenvalue weighted by Crippen LogP contribution is -2.23. The third kappa shape index (κ3) is 4.11. The zero-order valence-corrected chi connectivity index (χ0v) is 16.4. The van der Waals surface area contributed by atoms with Gasteiger partial charge in [-0.3, -0.25) is 14.2 Å². The molecule has 0 fully saturated rings. The predicted molar refractivity (Wildman–Crippen MR) is 112 cm³/mol. The summed E-state index contributed by atoms with van der Waals surface area (Å²) in [7, 11) is 0. The van der Waals surface area contributed by atoms with Crippen LogP contribution in [0.3, 0.4) is 0 Å². The molecular formula is C21H16N4O4S. The second kappa shape index (κ2) is 8.26. The Morgan fingerprint density at radius 1 is 1.03 bits per heavy atom. The van der Waals surface area contributed by atoms with Gasteiger partial charge in [-0.15, -0.1) is 0 Å².